The zero-order valence-electron chi connectivity index (χ0n) is 21.8. The van der Waals surface area contributed by atoms with Crippen LogP contribution in [0.25, 0.3) is 0 Å². The lowest BCUT2D eigenvalue weighted by Gasteiger charge is -2.10. The second kappa shape index (κ2) is 19.2. The van der Waals surface area contributed by atoms with Crippen LogP contribution in [0.1, 0.15) is 39.1 Å². The molecule has 0 radical (unpaired) electrons. The molecule has 0 fully saturated rings. The first-order valence-electron chi connectivity index (χ1n) is 12.6. The Morgan fingerprint density at radius 1 is 0.615 bits per heavy atom. The molecular formula is C29H34O10. The van der Waals surface area contributed by atoms with Crippen LogP contribution in [0.4, 0.5) is 0 Å². The molecule has 2 rings (SSSR count). The van der Waals surface area contributed by atoms with Crippen LogP contribution < -0.4 is 0 Å². The Labute approximate surface area is 227 Å². The molecule has 0 atom stereocenters. The molecule has 2 aromatic carbocycles. The van der Waals surface area contributed by atoms with Crippen LogP contribution >= 0.6 is 0 Å². The van der Waals surface area contributed by atoms with E-state index in [9.17, 15) is 19.2 Å². The highest BCUT2D eigenvalue weighted by Gasteiger charge is 2.18. The summed E-state index contributed by atoms with van der Waals surface area (Å²) in [7, 11) is 0. The van der Waals surface area contributed by atoms with E-state index in [1.165, 1.54) is 0 Å². The minimum Gasteiger partial charge on any atom is -0.463 e. The number of carbonyl (C=O) groups is 4. The number of ether oxygens (including phenoxy) is 6. The van der Waals surface area contributed by atoms with Crippen molar-refractivity contribution in [1.29, 1.82) is 0 Å². The van der Waals surface area contributed by atoms with Gasteiger partial charge in [-0.3, -0.25) is 9.59 Å². The van der Waals surface area contributed by atoms with E-state index in [1.54, 1.807) is 48.5 Å². The quantitative estimate of drug-likeness (QED) is 0.0810. The summed E-state index contributed by atoms with van der Waals surface area (Å²) >= 11 is 0. The van der Waals surface area contributed by atoms with Crippen molar-refractivity contribution in [3.63, 3.8) is 0 Å². The van der Waals surface area contributed by atoms with Gasteiger partial charge in [0.1, 0.15) is 13.2 Å². The average Bonchev–Trinajstić information content (AvgIpc) is 2.97. The van der Waals surface area contributed by atoms with Gasteiger partial charge in [-0.05, 0) is 12.5 Å². The Morgan fingerprint density at radius 3 is 1.77 bits per heavy atom. The van der Waals surface area contributed by atoms with E-state index in [0.29, 0.717) is 38.4 Å². The van der Waals surface area contributed by atoms with Crippen molar-refractivity contribution in [2.24, 2.45) is 0 Å². The van der Waals surface area contributed by atoms with Gasteiger partial charge in [0, 0.05) is 23.6 Å². The van der Waals surface area contributed by atoms with Gasteiger partial charge in [-0.1, -0.05) is 55.1 Å². The Morgan fingerprint density at radius 2 is 1.15 bits per heavy atom. The average molecular weight is 543 g/mol. The molecule has 0 unspecified atom stereocenters. The summed E-state index contributed by atoms with van der Waals surface area (Å²) in [6.07, 6.45) is 1.59. The topological polar surface area (TPSA) is 124 Å². The number of hydrogen-bond donors (Lipinski definition) is 0. The van der Waals surface area contributed by atoms with Gasteiger partial charge in [-0.15, -0.1) is 0 Å². The number of hydrogen-bond acceptors (Lipinski definition) is 10. The van der Waals surface area contributed by atoms with E-state index in [0.717, 1.165) is 6.08 Å². The van der Waals surface area contributed by atoms with Crippen molar-refractivity contribution >= 4 is 23.7 Å². The van der Waals surface area contributed by atoms with Gasteiger partial charge in [0.05, 0.1) is 51.8 Å². The van der Waals surface area contributed by atoms with Gasteiger partial charge in [0.2, 0.25) is 0 Å². The molecule has 210 valence electrons. The van der Waals surface area contributed by atoms with E-state index in [4.69, 9.17) is 28.4 Å². The van der Waals surface area contributed by atoms with E-state index >= 15 is 0 Å². The third kappa shape index (κ3) is 13.0. The number of carbonyl (C=O) groups excluding carboxylic acids is 4. The highest BCUT2D eigenvalue weighted by Crippen LogP contribution is 2.15. The molecule has 0 saturated carbocycles. The van der Waals surface area contributed by atoms with E-state index in [-0.39, 0.29) is 56.4 Å². The molecule has 0 aliphatic heterocycles. The molecule has 0 saturated heterocycles. The Bertz CT molecular complexity index is 1050. The maximum Gasteiger partial charge on any atom is 0.338 e. The van der Waals surface area contributed by atoms with Crippen molar-refractivity contribution in [3.8, 4) is 0 Å². The third-order valence-electron chi connectivity index (χ3n) is 5.06. The fraction of sp³-hybridized carbons (Fsp3) is 0.379. The summed E-state index contributed by atoms with van der Waals surface area (Å²) in [5.74, 6) is -1.76. The van der Waals surface area contributed by atoms with E-state index in [1.807, 2.05) is 6.07 Å². The third-order valence-corrected chi connectivity index (χ3v) is 5.06. The van der Waals surface area contributed by atoms with Crippen molar-refractivity contribution in [2.75, 3.05) is 59.5 Å². The smallest absolute Gasteiger partial charge is 0.338 e. The van der Waals surface area contributed by atoms with Gasteiger partial charge in [0.25, 0.3) is 0 Å². The minimum absolute atomic E-state index is 0.0362. The fourth-order valence-corrected chi connectivity index (χ4v) is 3.15. The number of ketones is 1. The predicted octanol–water partition coefficient (Wildman–Crippen LogP) is 3.18. The summed E-state index contributed by atoms with van der Waals surface area (Å²) in [4.78, 5) is 47.6. The second-order valence-corrected chi connectivity index (χ2v) is 7.91. The van der Waals surface area contributed by atoms with Gasteiger partial charge in [-0.2, -0.15) is 0 Å². The van der Waals surface area contributed by atoms with E-state index < -0.39 is 17.9 Å². The molecule has 0 aliphatic carbocycles. The van der Waals surface area contributed by atoms with Crippen molar-refractivity contribution in [2.45, 2.75) is 12.8 Å². The van der Waals surface area contributed by atoms with Gasteiger partial charge < -0.3 is 28.4 Å². The van der Waals surface area contributed by atoms with Crippen LogP contribution in [-0.2, 0) is 38.0 Å². The first-order valence-corrected chi connectivity index (χ1v) is 12.6. The summed E-state index contributed by atoms with van der Waals surface area (Å²) in [5.41, 5.74) is 0.982. The van der Waals surface area contributed by atoms with Gasteiger partial charge >= 0.3 is 17.9 Å². The monoisotopic (exact) mass is 542 g/mol. The summed E-state index contributed by atoms with van der Waals surface area (Å²) in [6, 6.07) is 15.3. The van der Waals surface area contributed by atoms with Gasteiger partial charge in [0.15, 0.2) is 5.78 Å². The summed E-state index contributed by atoms with van der Waals surface area (Å²) in [6.45, 7) is 5.30. The molecule has 10 nitrogen and oxygen atoms in total. The van der Waals surface area contributed by atoms with Crippen LogP contribution in [0, 0.1) is 0 Å². The molecular weight excluding hydrogens is 508 g/mol. The minimum atomic E-state index is -0.591. The number of rotatable bonds is 20. The zero-order chi connectivity index (χ0) is 28.1. The molecule has 2 aromatic rings. The zero-order valence-corrected chi connectivity index (χ0v) is 21.8. The van der Waals surface area contributed by atoms with Crippen LogP contribution in [0.2, 0.25) is 0 Å². The predicted molar refractivity (Wildman–Crippen MR) is 140 cm³/mol. The lowest BCUT2D eigenvalue weighted by atomic mass is 9.98. The van der Waals surface area contributed by atoms with Crippen molar-refractivity contribution < 1.29 is 47.6 Å². The molecule has 39 heavy (non-hydrogen) atoms. The second-order valence-electron chi connectivity index (χ2n) is 7.91. The van der Waals surface area contributed by atoms with Gasteiger partial charge in [-0.25, -0.2) is 9.59 Å². The first-order chi connectivity index (χ1) is 19.0. The largest absolute Gasteiger partial charge is 0.463 e. The summed E-state index contributed by atoms with van der Waals surface area (Å²) in [5, 5.41) is 0. The standard InChI is InChI=1S/C29H34O10/c1-2-26(30)37-14-8-13-27(31)38-21-19-35-17-15-34-16-18-36-20-22-39-29(33)25-12-7-6-11-24(25)28(32)23-9-4-3-5-10-23/h2-7,9-12H,1,8,13-22H2. The van der Waals surface area contributed by atoms with Crippen LogP contribution in [0.5, 0.6) is 0 Å². The molecule has 0 bridgehead atoms. The first kappa shape index (κ1) is 31.4. The maximum absolute atomic E-state index is 12.8. The maximum atomic E-state index is 12.8. The van der Waals surface area contributed by atoms with Crippen LogP contribution in [0.15, 0.2) is 67.3 Å². The summed E-state index contributed by atoms with van der Waals surface area (Å²) < 4.78 is 31.1. The van der Waals surface area contributed by atoms with Crippen LogP contribution in [-0.4, -0.2) is 83.2 Å². The van der Waals surface area contributed by atoms with Crippen LogP contribution in [0.3, 0.4) is 0 Å². The SMILES string of the molecule is C=CC(=O)OCCCC(=O)OCCOCCOCCOCCOC(=O)c1ccccc1C(=O)c1ccccc1. The Kier molecular flexibility index (Phi) is 15.5. The molecule has 0 heterocycles. The Balaban J connectivity index is 1.46. The molecule has 0 amide bonds. The molecule has 0 aromatic heterocycles. The van der Waals surface area contributed by atoms with Crippen molar-refractivity contribution in [3.05, 3.63) is 83.9 Å². The highest BCUT2D eigenvalue weighted by molar-refractivity contribution is 6.14. The number of benzene rings is 2. The van der Waals surface area contributed by atoms with E-state index in [2.05, 4.69) is 6.58 Å². The molecule has 0 spiro atoms. The lowest BCUT2D eigenvalue weighted by molar-refractivity contribution is -0.147. The number of esters is 3. The van der Waals surface area contributed by atoms with Crippen molar-refractivity contribution in [1.82, 2.24) is 0 Å². The molecule has 0 N–H and O–H groups in total. The lowest BCUT2D eigenvalue weighted by Crippen LogP contribution is -2.16. The normalized spacial score (nSPS) is 10.5. The highest BCUT2D eigenvalue weighted by atomic mass is 16.6. The molecule has 0 aliphatic rings. The fourth-order valence-electron chi connectivity index (χ4n) is 3.15. The molecule has 10 heteroatoms. The Hall–Kier alpha value is -3.86.